The van der Waals surface area contributed by atoms with Crippen molar-refractivity contribution in [1.82, 2.24) is 9.80 Å². The molecule has 2 amide bonds. The Labute approximate surface area is 132 Å². The van der Waals surface area contributed by atoms with Gasteiger partial charge in [0.1, 0.15) is 6.61 Å². The van der Waals surface area contributed by atoms with Crippen LogP contribution in [0.3, 0.4) is 0 Å². The van der Waals surface area contributed by atoms with Crippen LogP contribution in [0.5, 0.6) is 17.2 Å². The highest BCUT2D eigenvalue weighted by atomic mass is 16.6. The maximum atomic E-state index is 12.3. The first-order valence-electron chi connectivity index (χ1n) is 7.01. The molecule has 0 aliphatic carbocycles. The van der Waals surface area contributed by atoms with Gasteiger partial charge in [-0.05, 0) is 12.1 Å². The van der Waals surface area contributed by atoms with Crippen LogP contribution in [0.15, 0.2) is 24.8 Å². The molecule has 0 unspecified atom stereocenters. The number of aromatic hydroxyl groups is 3. The molecule has 1 aliphatic rings. The van der Waals surface area contributed by atoms with Gasteiger partial charge in [-0.15, -0.1) is 0 Å². The normalized spacial score (nSPS) is 14.4. The number of phenols is 3. The van der Waals surface area contributed by atoms with E-state index in [1.807, 2.05) is 0 Å². The summed E-state index contributed by atoms with van der Waals surface area (Å²) in [4.78, 5) is 27.0. The Morgan fingerprint density at radius 1 is 1.09 bits per heavy atom. The fraction of sp³-hybridized carbons (Fsp3) is 0.333. The van der Waals surface area contributed by atoms with Crippen molar-refractivity contribution in [2.75, 3.05) is 32.8 Å². The van der Waals surface area contributed by atoms with Crippen molar-refractivity contribution in [3.05, 3.63) is 30.4 Å². The Hall–Kier alpha value is -2.90. The lowest BCUT2D eigenvalue weighted by molar-refractivity contribution is 0.0580. The fourth-order valence-corrected chi connectivity index (χ4v) is 2.22. The molecule has 2 rings (SSSR count). The molecule has 0 radical (unpaired) electrons. The molecule has 8 heteroatoms. The second kappa shape index (κ2) is 6.91. The largest absolute Gasteiger partial charge is 0.504 e. The minimum absolute atomic E-state index is 0.0560. The molecule has 1 aliphatic heterocycles. The van der Waals surface area contributed by atoms with Crippen molar-refractivity contribution in [2.24, 2.45) is 0 Å². The van der Waals surface area contributed by atoms with Crippen LogP contribution in [0, 0.1) is 0 Å². The van der Waals surface area contributed by atoms with E-state index in [1.54, 1.807) is 0 Å². The number of carbonyl (C=O) groups excluding carboxylic acids is 2. The van der Waals surface area contributed by atoms with Crippen LogP contribution in [-0.2, 0) is 4.74 Å². The van der Waals surface area contributed by atoms with E-state index in [9.17, 15) is 24.9 Å². The first kappa shape index (κ1) is 16.5. The maximum absolute atomic E-state index is 12.3. The minimum Gasteiger partial charge on any atom is -0.504 e. The van der Waals surface area contributed by atoms with Gasteiger partial charge in [-0.25, -0.2) is 4.79 Å². The topological polar surface area (TPSA) is 111 Å². The molecule has 0 bridgehead atoms. The van der Waals surface area contributed by atoms with E-state index in [1.165, 1.54) is 15.9 Å². The van der Waals surface area contributed by atoms with E-state index in [0.29, 0.717) is 26.2 Å². The summed E-state index contributed by atoms with van der Waals surface area (Å²) in [6.45, 7) is 4.82. The number of piperazine rings is 1. The van der Waals surface area contributed by atoms with Crippen LogP contribution < -0.4 is 0 Å². The highest BCUT2D eigenvalue weighted by Crippen LogP contribution is 2.35. The average molecular weight is 322 g/mol. The molecular formula is C15H18N2O6. The van der Waals surface area contributed by atoms with E-state index in [2.05, 4.69) is 6.58 Å². The smallest absolute Gasteiger partial charge is 0.410 e. The van der Waals surface area contributed by atoms with Crippen molar-refractivity contribution in [1.29, 1.82) is 0 Å². The van der Waals surface area contributed by atoms with Gasteiger partial charge in [0, 0.05) is 31.7 Å². The van der Waals surface area contributed by atoms with Gasteiger partial charge in [-0.3, -0.25) is 4.79 Å². The second-order valence-electron chi connectivity index (χ2n) is 5.01. The van der Waals surface area contributed by atoms with E-state index in [0.717, 1.165) is 12.1 Å². The Kier molecular flexibility index (Phi) is 4.95. The van der Waals surface area contributed by atoms with Crippen LogP contribution in [0.4, 0.5) is 4.79 Å². The number of hydrogen-bond acceptors (Lipinski definition) is 6. The SMILES string of the molecule is C=CCOC(=O)N1CCN(C(=O)c2cc(O)c(O)c(O)c2)CC1. The average Bonchev–Trinajstić information content (AvgIpc) is 2.56. The number of nitrogens with zero attached hydrogens (tertiary/aromatic N) is 2. The molecule has 0 atom stereocenters. The number of hydrogen-bond donors (Lipinski definition) is 3. The number of amides is 2. The molecule has 1 fully saturated rings. The third-order valence-electron chi connectivity index (χ3n) is 3.47. The van der Waals surface area contributed by atoms with Gasteiger partial charge in [0.05, 0.1) is 0 Å². The standard InChI is InChI=1S/C15H18N2O6/c1-2-7-23-15(22)17-5-3-16(4-6-17)14(21)10-8-11(18)13(20)12(19)9-10/h2,8-9,18-20H,1,3-7H2. The van der Waals surface area contributed by atoms with E-state index in [-0.39, 0.29) is 12.2 Å². The maximum Gasteiger partial charge on any atom is 0.410 e. The molecule has 1 heterocycles. The molecule has 0 spiro atoms. The summed E-state index contributed by atoms with van der Waals surface area (Å²) in [7, 11) is 0. The monoisotopic (exact) mass is 322 g/mol. The predicted molar refractivity (Wildman–Crippen MR) is 80.5 cm³/mol. The van der Waals surface area contributed by atoms with Crippen molar-refractivity contribution >= 4 is 12.0 Å². The van der Waals surface area contributed by atoms with Gasteiger partial charge < -0.3 is 29.9 Å². The molecule has 1 aromatic rings. The van der Waals surface area contributed by atoms with Gasteiger partial charge in [0.25, 0.3) is 5.91 Å². The molecule has 1 saturated heterocycles. The van der Waals surface area contributed by atoms with Gasteiger partial charge in [-0.1, -0.05) is 12.7 Å². The lowest BCUT2D eigenvalue weighted by Crippen LogP contribution is -2.50. The van der Waals surface area contributed by atoms with E-state index < -0.39 is 29.2 Å². The summed E-state index contributed by atoms with van der Waals surface area (Å²) < 4.78 is 4.93. The van der Waals surface area contributed by atoms with E-state index >= 15 is 0 Å². The second-order valence-corrected chi connectivity index (χ2v) is 5.01. The zero-order valence-electron chi connectivity index (χ0n) is 12.4. The minimum atomic E-state index is -0.670. The number of ether oxygens (including phenoxy) is 1. The first-order valence-corrected chi connectivity index (χ1v) is 7.01. The Balaban J connectivity index is 1.98. The van der Waals surface area contributed by atoms with Crippen LogP contribution >= 0.6 is 0 Å². The lowest BCUT2D eigenvalue weighted by atomic mass is 10.1. The van der Waals surface area contributed by atoms with Crippen LogP contribution in [0.25, 0.3) is 0 Å². The molecule has 0 saturated carbocycles. The molecule has 23 heavy (non-hydrogen) atoms. The van der Waals surface area contributed by atoms with Crippen molar-refractivity contribution in [3.63, 3.8) is 0 Å². The summed E-state index contributed by atoms with van der Waals surface area (Å²) in [6, 6.07) is 2.17. The molecule has 0 aromatic heterocycles. The quantitative estimate of drug-likeness (QED) is 0.563. The van der Waals surface area contributed by atoms with Gasteiger partial charge in [0.15, 0.2) is 17.2 Å². The van der Waals surface area contributed by atoms with Gasteiger partial charge >= 0.3 is 6.09 Å². The zero-order chi connectivity index (χ0) is 17.0. The summed E-state index contributed by atoms with van der Waals surface area (Å²) in [5.41, 5.74) is 0.0560. The predicted octanol–water partition coefficient (Wildman–Crippen LogP) is 0.884. The highest BCUT2D eigenvalue weighted by Gasteiger charge is 2.26. The number of benzene rings is 1. The lowest BCUT2D eigenvalue weighted by Gasteiger charge is -2.34. The molecule has 8 nitrogen and oxygen atoms in total. The van der Waals surface area contributed by atoms with Crippen molar-refractivity contribution in [2.45, 2.75) is 0 Å². The number of rotatable bonds is 3. The van der Waals surface area contributed by atoms with Crippen molar-refractivity contribution in [3.8, 4) is 17.2 Å². The molecule has 3 N–H and O–H groups in total. The van der Waals surface area contributed by atoms with Gasteiger partial charge in [-0.2, -0.15) is 0 Å². The number of carbonyl (C=O) groups is 2. The summed E-state index contributed by atoms with van der Waals surface area (Å²) in [5, 5.41) is 28.2. The fourth-order valence-electron chi connectivity index (χ4n) is 2.22. The third kappa shape index (κ3) is 3.65. The Morgan fingerprint density at radius 2 is 1.61 bits per heavy atom. The molecule has 124 valence electrons. The summed E-state index contributed by atoms with van der Waals surface area (Å²) in [5.74, 6) is -2.22. The molecular weight excluding hydrogens is 304 g/mol. The number of phenolic OH excluding ortho intramolecular Hbond substituents is 3. The van der Waals surface area contributed by atoms with Gasteiger partial charge in [0.2, 0.25) is 0 Å². The first-order chi connectivity index (χ1) is 10.9. The Bertz CT molecular complexity index is 599. The van der Waals surface area contributed by atoms with Crippen LogP contribution in [-0.4, -0.2) is 69.9 Å². The zero-order valence-corrected chi connectivity index (χ0v) is 12.4. The summed E-state index contributed by atoms with van der Waals surface area (Å²) >= 11 is 0. The highest BCUT2D eigenvalue weighted by molar-refractivity contribution is 5.95. The van der Waals surface area contributed by atoms with Crippen LogP contribution in [0.2, 0.25) is 0 Å². The molecule has 1 aromatic carbocycles. The Morgan fingerprint density at radius 3 is 2.13 bits per heavy atom. The summed E-state index contributed by atoms with van der Waals surface area (Å²) in [6.07, 6.45) is 1.01. The third-order valence-corrected chi connectivity index (χ3v) is 3.47. The van der Waals surface area contributed by atoms with Crippen LogP contribution in [0.1, 0.15) is 10.4 Å². The van der Waals surface area contributed by atoms with E-state index in [4.69, 9.17) is 4.74 Å². The van der Waals surface area contributed by atoms with Crippen molar-refractivity contribution < 1.29 is 29.6 Å².